The van der Waals surface area contributed by atoms with Crippen LogP contribution in [0.4, 0.5) is 0 Å². The number of carbonyl (C=O) groups excluding carboxylic acids is 4. The summed E-state index contributed by atoms with van der Waals surface area (Å²) in [6.07, 6.45) is 3.35. The average molecular weight is 631 g/mol. The minimum atomic E-state index is -0.332. The van der Waals surface area contributed by atoms with Crippen molar-refractivity contribution >= 4 is 23.6 Å². The van der Waals surface area contributed by atoms with Gasteiger partial charge in [0.1, 0.15) is 23.0 Å². The molecule has 0 saturated heterocycles. The second-order valence-electron chi connectivity index (χ2n) is 12.5. The molecule has 0 radical (unpaired) electrons. The summed E-state index contributed by atoms with van der Waals surface area (Å²) < 4.78 is 12.1. The van der Waals surface area contributed by atoms with E-state index in [0.29, 0.717) is 58.3 Å². The van der Waals surface area contributed by atoms with Crippen LogP contribution >= 0.6 is 0 Å². The van der Waals surface area contributed by atoms with Gasteiger partial charge in [-0.1, -0.05) is 64.8 Å². The van der Waals surface area contributed by atoms with Crippen LogP contribution in [0.3, 0.4) is 0 Å². The molecule has 4 aromatic rings. The highest BCUT2D eigenvalue weighted by Gasteiger charge is 2.36. The Hall–Kier alpha value is -5.24. The Morgan fingerprint density at radius 3 is 1.19 bits per heavy atom. The molecule has 0 spiro atoms. The van der Waals surface area contributed by atoms with E-state index in [-0.39, 0.29) is 29.0 Å². The zero-order valence-corrected chi connectivity index (χ0v) is 27.2. The highest BCUT2D eigenvalue weighted by molar-refractivity contribution is 6.22. The highest BCUT2D eigenvalue weighted by atomic mass is 16.5. The third kappa shape index (κ3) is 6.03. The Balaban J connectivity index is 1.11. The van der Waals surface area contributed by atoms with Gasteiger partial charge < -0.3 is 9.47 Å². The number of unbranched alkanes of at least 4 members (excludes halogenated alkanes) is 2. The van der Waals surface area contributed by atoms with Crippen LogP contribution in [0.5, 0.6) is 23.0 Å². The predicted octanol–water partition coefficient (Wildman–Crippen LogP) is 8.39. The molecule has 0 aliphatic carbocycles. The lowest BCUT2D eigenvalue weighted by molar-refractivity contribution is 0.0636. The normalized spacial score (nSPS) is 14.1. The Kier molecular flexibility index (Phi) is 8.69. The maximum atomic E-state index is 12.8. The number of rotatable bonds is 12. The van der Waals surface area contributed by atoms with E-state index in [9.17, 15) is 19.2 Å². The fraction of sp³-hybridized carbons (Fsp3) is 0.282. The molecule has 47 heavy (non-hydrogen) atoms. The Labute approximate surface area is 274 Å². The van der Waals surface area contributed by atoms with E-state index in [4.69, 9.17) is 9.47 Å². The molecule has 0 fully saturated rings. The monoisotopic (exact) mass is 630 g/mol. The van der Waals surface area contributed by atoms with Gasteiger partial charge in [0.15, 0.2) is 0 Å². The molecule has 240 valence electrons. The molecule has 4 aromatic carbocycles. The lowest BCUT2D eigenvalue weighted by atomic mass is 9.78. The van der Waals surface area contributed by atoms with Crippen molar-refractivity contribution in [3.05, 3.63) is 118 Å². The van der Waals surface area contributed by atoms with Crippen molar-refractivity contribution in [2.24, 2.45) is 0 Å². The summed E-state index contributed by atoms with van der Waals surface area (Å²) in [7, 11) is 0. The maximum Gasteiger partial charge on any atom is 0.261 e. The van der Waals surface area contributed by atoms with E-state index < -0.39 is 0 Å². The molecule has 0 unspecified atom stereocenters. The Bertz CT molecular complexity index is 1720. The van der Waals surface area contributed by atoms with Crippen LogP contribution in [-0.2, 0) is 5.41 Å². The SMILES string of the molecule is CCCCN1C(=O)c2ccc(Oc3ccc(C(C)(C)c4ccc(Oc5ccc6c(c5)C(=O)N(CCCC)C6=O)cc4)cc3)cc2C1=O. The van der Waals surface area contributed by atoms with Gasteiger partial charge in [-0.2, -0.15) is 0 Å². The van der Waals surface area contributed by atoms with E-state index in [1.165, 1.54) is 9.80 Å². The van der Waals surface area contributed by atoms with E-state index in [2.05, 4.69) is 13.8 Å². The minimum Gasteiger partial charge on any atom is -0.457 e. The van der Waals surface area contributed by atoms with Crippen molar-refractivity contribution in [2.45, 2.75) is 58.8 Å². The van der Waals surface area contributed by atoms with Crippen molar-refractivity contribution < 1.29 is 28.7 Å². The number of carbonyl (C=O) groups is 4. The molecular weight excluding hydrogens is 592 g/mol. The van der Waals surface area contributed by atoms with Crippen LogP contribution in [-0.4, -0.2) is 46.5 Å². The maximum absolute atomic E-state index is 12.8. The lowest BCUT2D eigenvalue weighted by Gasteiger charge is -2.26. The summed E-state index contributed by atoms with van der Waals surface area (Å²) in [6, 6.07) is 25.7. The number of imide groups is 2. The number of amides is 4. The van der Waals surface area contributed by atoms with Crippen molar-refractivity contribution in [3.8, 4) is 23.0 Å². The van der Waals surface area contributed by atoms with Gasteiger partial charge in [0, 0.05) is 18.5 Å². The number of ether oxygens (including phenoxy) is 2. The zero-order valence-electron chi connectivity index (χ0n) is 27.2. The molecule has 0 N–H and O–H groups in total. The van der Waals surface area contributed by atoms with Gasteiger partial charge in [0.2, 0.25) is 0 Å². The standard InChI is InChI=1S/C39H38N2O6/c1-5-7-21-40-35(42)31-19-17-29(23-33(31)37(40)44)46-27-13-9-25(10-14-27)39(3,4)26-11-15-28(16-12-26)47-30-18-20-32-34(24-30)38(45)41(36(32)43)22-8-6-2/h9-20,23-24H,5-8,21-22H2,1-4H3. The van der Waals surface area contributed by atoms with E-state index in [1.54, 1.807) is 36.4 Å². The van der Waals surface area contributed by atoms with Gasteiger partial charge in [-0.3, -0.25) is 29.0 Å². The average Bonchev–Trinajstić information content (AvgIpc) is 3.45. The number of benzene rings is 4. The molecule has 8 heteroatoms. The molecule has 0 atom stereocenters. The van der Waals surface area contributed by atoms with Gasteiger partial charge in [-0.25, -0.2) is 0 Å². The molecule has 0 aromatic heterocycles. The molecule has 0 bridgehead atoms. The first kappa shape index (κ1) is 31.7. The Morgan fingerprint density at radius 2 is 0.830 bits per heavy atom. The molecule has 6 rings (SSSR count). The van der Waals surface area contributed by atoms with Crippen molar-refractivity contribution in [3.63, 3.8) is 0 Å². The number of hydrogen-bond donors (Lipinski definition) is 0. The molecular formula is C39H38N2O6. The van der Waals surface area contributed by atoms with Crippen molar-refractivity contribution in [1.29, 1.82) is 0 Å². The third-order valence-corrected chi connectivity index (χ3v) is 8.98. The Morgan fingerprint density at radius 1 is 0.489 bits per heavy atom. The van der Waals surface area contributed by atoms with Crippen molar-refractivity contribution in [2.75, 3.05) is 13.1 Å². The van der Waals surface area contributed by atoms with Gasteiger partial charge in [0.05, 0.1) is 22.3 Å². The predicted molar refractivity (Wildman–Crippen MR) is 179 cm³/mol. The first-order valence-electron chi connectivity index (χ1n) is 16.2. The van der Waals surface area contributed by atoms with Crippen LogP contribution in [0.15, 0.2) is 84.9 Å². The van der Waals surface area contributed by atoms with Crippen LogP contribution in [0.1, 0.15) is 106 Å². The van der Waals surface area contributed by atoms with E-state index >= 15 is 0 Å². The van der Waals surface area contributed by atoms with Gasteiger partial charge in [-0.15, -0.1) is 0 Å². The molecule has 8 nitrogen and oxygen atoms in total. The summed E-state index contributed by atoms with van der Waals surface area (Å²) >= 11 is 0. The molecule has 0 saturated carbocycles. The van der Waals surface area contributed by atoms with E-state index in [1.807, 2.05) is 62.4 Å². The number of nitrogens with zero attached hydrogens (tertiary/aromatic N) is 2. The lowest BCUT2D eigenvalue weighted by Crippen LogP contribution is -2.30. The molecule has 2 aliphatic heterocycles. The first-order valence-corrected chi connectivity index (χ1v) is 16.2. The number of fused-ring (bicyclic) bond motifs is 2. The molecule has 4 amide bonds. The number of hydrogen-bond acceptors (Lipinski definition) is 6. The summed E-state index contributed by atoms with van der Waals surface area (Å²) in [6.45, 7) is 9.17. The van der Waals surface area contributed by atoms with Gasteiger partial charge in [-0.05, 0) is 84.6 Å². The van der Waals surface area contributed by atoms with Crippen LogP contribution in [0.25, 0.3) is 0 Å². The second-order valence-corrected chi connectivity index (χ2v) is 12.5. The molecule has 2 aliphatic rings. The second kappa shape index (κ2) is 12.9. The summed E-state index contributed by atoms with van der Waals surface area (Å²) in [5.41, 5.74) is 3.41. The van der Waals surface area contributed by atoms with Gasteiger partial charge in [0.25, 0.3) is 23.6 Å². The van der Waals surface area contributed by atoms with Gasteiger partial charge >= 0.3 is 0 Å². The quantitative estimate of drug-likeness (QED) is 0.146. The fourth-order valence-corrected chi connectivity index (χ4v) is 6.02. The fourth-order valence-electron chi connectivity index (χ4n) is 6.02. The largest absolute Gasteiger partial charge is 0.457 e. The van der Waals surface area contributed by atoms with Crippen LogP contribution < -0.4 is 9.47 Å². The van der Waals surface area contributed by atoms with Crippen LogP contribution in [0, 0.1) is 0 Å². The third-order valence-electron chi connectivity index (χ3n) is 8.98. The molecule has 2 heterocycles. The highest BCUT2D eigenvalue weighted by Crippen LogP contribution is 2.36. The van der Waals surface area contributed by atoms with Crippen molar-refractivity contribution in [1.82, 2.24) is 9.80 Å². The van der Waals surface area contributed by atoms with E-state index in [0.717, 1.165) is 36.8 Å². The summed E-state index contributed by atoms with van der Waals surface area (Å²) in [5.74, 6) is 1.20. The topological polar surface area (TPSA) is 93.2 Å². The summed E-state index contributed by atoms with van der Waals surface area (Å²) in [4.78, 5) is 53.6. The summed E-state index contributed by atoms with van der Waals surface area (Å²) in [5, 5.41) is 0. The first-order chi connectivity index (χ1) is 22.6. The zero-order chi connectivity index (χ0) is 33.3. The van der Waals surface area contributed by atoms with Crippen LogP contribution in [0.2, 0.25) is 0 Å². The minimum absolute atomic E-state index is 0.247. The smallest absolute Gasteiger partial charge is 0.261 e.